The first-order chi connectivity index (χ1) is 13.1. The highest BCUT2D eigenvalue weighted by molar-refractivity contribution is 6.00. The zero-order chi connectivity index (χ0) is 20.6. The largest absolute Gasteiger partial charge is 0.408 e. The van der Waals surface area contributed by atoms with E-state index in [1.165, 1.54) is 22.7 Å². The number of nitriles is 1. The van der Waals surface area contributed by atoms with Crippen LogP contribution in [0.15, 0.2) is 30.5 Å². The molecule has 0 radical (unpaired) electrons. The highest BCUT2D eigenvalue weighted by Gasteiger charge is 2.37. The topological polar surface area (TPSA) is 83.1 Å². The average Bonchev–Trinajstić information content (AvgIpc) is 3.05. The highest BCUT2D eigenvalue weighted by Crippen LogP contribution is 2.27. The van der Waals surface area contributed by atoms with Crippen molar-refractivity contribution in [3.05, 3.63) is 53.1 Å². The normalized spacial score (nSPS) is 12.6. The van der Waals surface area contributed by atoms with Crippen molar-refractivity contribution < 1.29 is 22.4 Å². The van der Waals surface area contributed by atoms with Crippen LogP contribution in [0.25, 0.3) is 16.9 Å². The van der Waals surface area contributed by atoms with Gasteiger partial charge in [0.2, 0.25) is 0 Å². The van der Waals surface area contributed by atoms with Crippen LogP contribution in [-0.4, -0.2) is 32.7 Å². The fourth-order valence-corrected chi connectivity index (χ4v) is 2.64. The van der Waals surface area contributed by atoms with Crippen molar-refractivity contribution in [3.8, 4) is 17.3 Å². The summed E-state index contributed by atoms with van der Waals surface area (Å²) in [6, 6.07) is 5.21. The molecule has 0 aliphatic carbocycles. The molecule has 1 amide bonds. The van der Waals surface area contributed by atoms with E-state index in [4.69, 9.17) is 0 Å². The van der Waals surface area contributed by atoms with Crippen LogP contribution < -0.4 is 5.32 Å². The maximum absolute atomic E-state index is 14.3. The van der Waals surface area contributed by atoms with Gasteiger partial charge in [-0.15, -0.1) is 0 Å². The molecule has 0 bridgehead atoms. The van der Waals surface area contributed by atoms with Gasteiger partial charge in [-0.05, 0) is 32.0 Å². The lowest BCUT2D eigenvalue weighted by Gasteiger charge is -2.16. The molecule has 2 heterocycles. The van der Waals surface area contributed by atoms with Crippen LogP contribution in [0.1, 0.15) is 28.5 Å². The molecule has 10 heteroatoms. The Bertz CT molecular complexity index is 1110. The Morgan fingerprint density at radius 2 is 2.07 bits per heavy atom. The third-order valence-corrected chi connectivity index (χ3v) is 4.12. The first-order valence-corrected chi connectivity index (χ1v) is 8.05. The monoisotopic (exact) mass is 391 g/mol. The fraction of sp³-hybridized carbons (Fsp3) is 0.222. The standard InChI is InChI=1S/C18H13F4N5O/c1-9-6-14(15-11(7-23)4-3-5-13(15)19)26-16-12(8-24-27(9)16)17(28)25-10(2)18(20,21)22/h3-6,8,10H,1-2H3,(H,25,28). The first-order valence-electron chi connectivity index (χ1n) is 8.05. The lowest BCUT2D eigenvalue weighted by molar-refractivity contribution is -0.149. The van der Waals surface area contributed by atoms with Crippen LogP contribution in [0.4, 0.5) is 17.6 Å². The molecule has 1 N–H and O–H groups in total. The summed E-state index contributed by atoms with van der Waals surface area (Å²) < 4.78 is 53.7. The van der Waals surface area contributed by atoms with Gasteiger partial charge in [-0.25, -0.2) is 13.9 Å². The Labute approximate surface area is 156 Å². The second kappa shape index (κ2) is 6.92. The number of carbonyl (C=O) groups excluding carboxylic acids is 1. The van der Waals surface area contributed by atoms with E-state index in [9.17, 15) is 27.6 Å². The summed E-state index contributed by atoms with van der Waals surface area (Å²) >= 11 is 0. The maximum atomic E-state index is 14.3. The molecule has 0 saturated carbocycles. The van der Waals surface area contributed by atoms with Gasteiger partial charge in [0.05, 0.1) is 29.1 Å². The minimum Gasteiger partial charge on any atom is -0.340 e. The van der Waals surface area contributed by atoms with Crippen LogP contribution in [0.5, 0.6) is 0 Å². The highest BCUT2D eigenvalue weighted by atomic mass is 19.4. The van der Waals surface area contributed by atoms with Gasteiger partial charge < -0.3 is 5.32 Å². The van der Waals surface area contributed by atoms with Crippen molar-refractivity contribution in [2.24, 2.45) is 0 Å². The van der Waals surface area contributed by atoms with E-state index >= 15 is 0 Å². The molecule has 0 saturated heterocycles. The number of nitrogens with zero attached hydrogens (tertiary/aromatic N) is 4. The molecule has 1 unspecified atom stereocenters. The maximum Gasteiger partial charge on any atom is 0.408 e. The number of halogens is 4. The summed E-state index contributed by atoms with van der Waals surface area (Å²) in [5.74, 6) is -1.70. The Morgan fingerprint density at radius 3 is 2.71 bits per heavy atom. The average molecular weight is 391 g/mol. The van der Waals surface area contributed by atoms with Crippen molar-refractivity contribution in [3.63, 3.8) is 0 Å². The second-order valence-corrected chi connectivity index (χ2v) is 6.09. The van der Waals surface area contributed by atoms with Crippen LogP contribution in [0.3, 0.4) is 0 Å². The number of alkyl halides is 3. The summed E-state index contributed by atoms with van der Waals surface area (Å²) in [5, 5.41) is 15.0. The number of hydrogen-bond donors (Lipinski definition) is 1. The van der Waals surface area contributed by atoms with E-state index in [1.54, 1.807) is 6.92 Å². The Balaban J connectivity index is 2.13. The minimum atomic E-state index is -4.61. The number of fused-ring (bicyclic) bond motifs is 1. The van der Waals surface area contributed by atoms with Crippen molar-refractivity contribution in [2.45, 2.75) is 26.1 Å². The Kier molecular flexibility index (Phi) is 4.77. The van der Waals surface area contributed by atoms with E-state index in [0.717, 1.165) is 19.2 Å². The van der Waals surface area contributed by atoms with E-state index < -0.39 is 23.9 Å². The van der Waals surface area contributed by atoms with Gasteiger partial charge >= 0.3 is 6.18 Å². The van der Waals surface area contributed by atoms with Gasteiger partial charge in [0, 0.05) is 5.69 Å². The summed E-state index contributed by atoms with van der Waals surface area (Å²) in [6.45, 7) is 2.42. The number of aromatic nitrogens is 3. The molecule has 144 valence electrons. The molecule has 0 spiro atoms. The predicted octanol–water partition coefficient (Wildman–Crippen LogP) is 3.40. The molecule has 3 aromatic rings. The van der Waals surface area contributed by atoms with Crippen molar-refractivity contribution in [1.29, 1.82) is 5.26 Å². The third-order valence-electron chi connectivity index (χ3n) is 4.12. The summed E-state index contributed by atoms with van der Waals surface area (Å²) in [4.78, 5) is 16.5. The minimum absolute atomic E-state index is 0.0347. The second-order valence-electron chi connectivity index (χ2n) is 6.09. The zero-order valence-corrected chi connectivity index (χ0v) is 14.7. The first kappa shape index (κ1) is 19.3. The molecule has 3 rings (SSSR count). The van der Waals surface area contributed by atoms with E-state index in [-0.39, 0.29) is 28.0 Å². The number of benzene rings is 1. The molecule has 0 aliphatic rings. The number of hydrogen-bond acceptors (Lipinski definition) is 4. The summed E-state index contributed by atoms with van der Waals surface area (Å²) in [5.41, 5.74) is 0.248. The van der Waals surface area contributed by atoms with Crippen molar-refractivity contribution >= 4 is 11.6 Å². The lowest BCUT2D eigenvalue weighted by Crippen LogP contribution is -2.43. The quantitative estimate of drug-likeness (QED) is 0.694. The van der Waals surface area contributed by atoms with Crippen LogP contribution in [-0.2, 0) is 0 Å². The van der Waals surface area contributed by atoms with Crippen molar-refractivity contribution in [2.75, 3.05) is 0 Å². The molecular weight excluding hydrogens is 378 g/mol. The smallest absolute Gasteiger partial charge is 0.340 e. The lowest BCUT2D eigenvalue weighted by atomic mass is 10.0. The van der Waals surface area contributed by atoms with Crippen LogP contribution >= 0.6 is 0 Å². The molecule has 28 heavy (non-hydrogen) atoms. The van der Waals surface area contributed by atoms with Gasteiger partial charge in [0.1, 0.15) is 17.4 Å². The number of carbonyl (C=O) groups is 1. The molecular formula is C18H13F4N5O. The van der Waals surface area contributed by atoms with Gasteiger partial charge in [-0.2, -0.15) is 23.5 Å². The van der Waals surface area contributed by atoms with E-state index in [1.807, 2.05) is 11.4 Å². The molecule has 0 fully saturated rings. The number of amides is 1. The Hall–Kier alpha value is -3.48. The van der Waals surface area contributed by atoms with Gasteiger partial charge in [-0.3, -0.25) is 4.79 Å². The fourth-order valence-electron chi connectivity index (χ4n) is 2.64. The number of rotatable bonds is 3. The van der Waals surface area contributed by atoms with Gasteiger partial charge in [0.25, 0.3) is 5.91 Å². The summed E-state index contributed by atoms with van der Waals surface area (Å²) in [6.07, 6.45) is -3.52. The number of aryl methyl sites for hydroxylation is 1. The SMILES string of the molecule is Cc1cc(-c2c(F)cccc2C#N)nc2c(C(=O)NC(C)C(F)(F)F)cnn12. The van der Waals surface area contributed by atoms with Gasteiger partial charge in [0.15, 0.2) is 5.65 Å². The molecule has 1 atom stereocenters. The summed E-state index contributed by atoms with van der Waals surface area (Å²) in [7, 11) is 0. The zero-order valence-electron chi connectivity index (χ0n) is 14.7. The van der Waals surface area contributed by atoms with Crippen LogP contribution in [0.2, 0.25) is 0 Å². The molecule has 1 aromatic carbocycles. The van der Waals surface area contributed by atoms with E-state index in [2.05, 4.69) is 10.1 Å². The molecule has 2 aromatic heterocycles. The van der Waals surface area contributed by atoms with Gasteiger partial charge in [-0.1, -0.05) is 6.07 Å². The van der Waals surface area contributed by atoms with Crippen molar-refractivity contribution in [1.82, 2.24) is 19.9 Å². The number of nitrogens with one attached hydrogen (secondary N) is 1. The Morgan fingerprint density at radius 1 is 1.36 bits per heavy atom. The predicted molar refractivity (Wildman–Crippen MR) is 90.8 cm³/mol. The van der Waals surface area contributed by atoms with Crippen LogP contribution in [0, 0.1) is 24.1 Å². The third kappa shape index (κ3) is 3.38. The molecule has 0 aliphatic heterocycles. The molecule has 6 nitrogen and oxygen atoms in total. The van der Waals surface area contributed by atoms with E-state index in [0.29, 0.717) is 5.69 Å².